The number of halogens is 4. The summed E-state index contributed by atoms with van der Waals surface area (Å²) < 4.78 is 28.6. The van der Waals surface area contributed by atoms with E-state index < -0.39 is 79.4 Å². The minimum absolute atomic E-state index is 0.00463. The monoisotopic (exact) mass is 667 g/mol. The van der Waals surface area contributed by atoms with E-state index in [4.69, 9.17) is 23.2 Å². The summed E-state index contributed by atoms with van der Waals surface area (Å²) in [6.45, 7) is 0. The van der Waals surface area contributed by atoms with Gasteiger partial charge in [-0.05, 0) is 66.8 Å². The van der Waals surface area contributed by atoms with Crippen LogP contribution in [-0.2, 0) is 19.2 Å². The minimum atomic E-state index is -2.27. The summed E-state index contributed by atoms with van der Waals surface area (Å²) in [7, 11) is 0. The van der Waals surface area contributed by atoms with Gasteiger partial charge in [-0.2, -0.15) is 0 Å². The van der Waals surface area contributed by atoms with Crippen LogP contribution in [0, 0.1) is 39.5 Å². The summed E-state index contributed by atoms with van der Waals surface area (Å²) in [5.41, 5.74) is 0.109. The van der Waals surface area contributed by atoms with Gasteiger partial charge in [0.05, 0.1) is 28.1 Å². The Balaban J connectivity index is 1.39. The Morgan fingerprint density at radius 1 is 0.870 bits per heavy atom. The van der Waals surface area contributed by atoms with Gasteiger partial charge in [0.15, 0.2) is 21.3 Å². The van der Waals surface area contributed by atoms with Crippen molar-refractivity contribution in [2.75, 3.05) is 9.80 Å². The summed E-state index contributed by atoms with van der Waals surface area (Å²) in [6.07, 6.45) is 1.28. The summed E-state index contributed by atoms with van der Waals surface area (Å²) in [6, 6.07) is 12.9. The van der Waals surface area contributed by atoms with Gasteiger partial charge >= 0.3 is 0 Å². The highest BCUT2D eigenvalue weighted by Gasteiger charge is 2.76. The summed E-state index contributed by atoms with van der Waals surface area (Å²) in [4.78, 5) is 64.2. The average molecular weight is 668 g/mol. The Labute approximate surface area is 268 Å². The molecule has 1 saturated carbocycles. The lowest BCUT2D eigenvalue weighted by Gasteiger charge is -2.50. The molecule has 10 nitrogen and oxygen atoms in total. The van der Waals surface area contributed by atoms with Crippen LogP contribution < -0.4 is 9.80 Å². The number of hydrogen-bond acceptors (Lipinski definition) is 7. The van der Waals surface area contributed by atoms with Crippen molar-refractivity contribution in [2.24, 2.45) is 17.8 Å². The maximum absolute atomic E-state index is 14.8. The number of phenols is 1. The first kappa shape index (κ1) is 30.0. The molecule has 14 heteroatoms. The molecule has 46 heavy (non-hydrogen) atoms. The Hall–Kier alpha value is -4.68. The maximum Gasteiger partial charge on any atom is 0.271 e. The normalized spacial score (nSPS) is 30.2. The number of alkyl halides is 2. The molecule has 3 aromatic rings. The number of imide groups is 2. The fraction of sp³-hybridized carbons (Fsp3) is 0.250. The standard InChI is InChI=1S/C32H21Cl2F2N3O7/c33-31-14-22-20(9-10-21-25(22)28(42)37(27(21)41)18-2-1-3-19(13-18)39(45)46)26(15-4-11-24(40)23(36)12-15)32(31,34)30(44)38(29(31)43)17-7-5-16(35)6-8-17/h1-9,11-13,21-22,25-26,40H,10,14H2. The van der Waals surface area contributed by atoms with Crippen molar-refractivity contribution in [3.63, 3.8) is 0 Å². The molecule has 234 valence electrons. The average Bonchev–Trinajstić information content (AvgIpc) is 3.37. The third-order valence-corrected chi connectivity index (χ3v) is 10.9. The smallest absolute Gasteiger partial charge is 0.271 e. The number of nitrogens with zero attached hydrogens (tertiary/aromatic N) is 3. The molecule has 2 saturated heterocycles. The molecule has 6 unspecified atom stereocenters. The number of amides is 4. The van der Waals surface area contributed by atoms with Crippen molar-refractivity contribution in [2.45, 2.75) is 28.5 Å². The first-order valence-corrected chi connectivity index (χ1v) is 14.9. The zero-order valence-electron chi connectivity index (χ0n) is 23.4. The highest BCUT2D eigenvalue weighted by atomic mass is 35.5. The van der Waals surface area contributed by atoms with Crippen LogP contribution in [0.3, 0.4) is 0 Å². The lowest BCUT2D eigenvalue weighted by molar-refractivity contribution is -0.384. The lowest BCUT2D eigenvalue weighted by Crippen LogP contribution is -2.60. The molecule has 2 aliphatic carbocycles. The number of carbonyl (C=O) groups excluding carboxylic acids is 4. The maximum atomic E-state index is 14.8. The van der Waals surface area contributed by atoms with Gasteiger partial charge in [-0.15, -0.1) is 23.2 Å². The van der Waals surface area contributed by atoms with E-state index >= 15 is 0 Å². The molecular formula is C32H21Cl2F2N3O7. The number of anilines is 2. The molecule has 3 fully saturated rings. The van der Waals surface area contributed by atoms with Crippen molar-refractivity contribution >= 4 is 63.9 Å². The van der Waals surface area contributed by atoms with Crippen molar-refractivity contribution in [3.05, 3.63) is 106 Å². The van der Waals surface area contributed by atoms with Gasteiger partial charge < -0.3 is 5.11 Å². The fourth-order valence-electron chi connectivity index (χ4n) is 7.48. The first-order valence-electron chi connectivity index (χ1n) is 14.1. The van der Waals surface area contributed by atoms with E-state index in [1.165, 1.54) is 36.4 Å². The molecule has 7 rings (SSSR count). The third kappa shape index (κ3) is 3.92. The van der Waals surface area contributed by atoms with Crippen LogP contribution in [0.5, 0.6) is 5.75 Å². The quantitative estimate of drug-likeness (QED) is 0.130. The Morgan fingerprint density at radius 2 is 1.59 bits per heavy atom. The van der Waals surface area contributed by atoms with E-state index in [0.717, 1.165) is 40.1 Å². The van der Waals surface area contributed by atoms with E-state index in [0.29, 0.717) is 5.57 Å². The van der Waals surface area contributed by atoms with Crippen molar-refractivity contribution in [1.82, 2.24) is 0 Å². The molecule has 1 N–H and O–H groups in total. The van der Waals surface area contributed by atoms with E-state index in [9.17, 15) is 43.2 Å². The van der Waals surface area contributed by atoms with E-state index in [2.05, 4.69) is 0 Å². The molecule has 4 amide bonds. The molecule has 4 aliphatic rings. The fourth-order valence-corrected chi connectivity index (χ4v) is 8.41. The molecule has 0 bridgehead atoms. The topological polar surface area (TPSA) is 138 Å². The lowest BCUT2D eigenvalue weighted by atomic mass is 9.56. The molecule has 2 heterocycles. The van der Waals surface area contributed by atoms with Gasteiger partial charge in [0.25, 0.3) is 17.5 Å². The number of benzene rings is 3. The number of non-ortho nitro benzene ring substituents is 1. The Kier molecular flexibility index (Phi) is 6.63. The Bertz CT molecular complexity index is 1940. The third-order valence-electron chi connectivity index (χ3n) is 9.50. The van der Waals surface area contributed by atoms with Crippen LogP contribution in [0.4, 0.5) is 25.8 Å². The van der Waals surface area contributed by atoms with Gasteiger partial charge in [-0.1, -0.05) is 23.8 Å². The van der Waals surface area contributed by atoms with Crippen molar-refractivity contribution in [3.8, 4) is 5.75 Å². The van der Waals surface area contributed by atoms with Crippen LogP contribution in [0.25, 0.3) is 0 Å². The van der Waals surface area contributed by atoms with E-state index in [1.54, 1.807) is 6.08 Å². The number of phenolic OH excluding ortho intramolecular Hbond substituents is 1. The van der Waals surface area contributed by atoms with Gasteiger partial charge in [-0.3, -0.25) is 29.3 Å². The number of allylic oxidation sites excluding steroid dienone is 2. The summed E-state index contributed by atoms with van der Waals surface area (Å²) in [5, 5.41) is 21.3. The van der Waals surface area contributed by atoms with Crippen LogP contribution >= 0.6 is 23.2 Å². The van der Waals surface area contributed by atoms with Gasteiger partial charge in [0.1, 0.15) is 5.82 Å². The second-order valence-electron chi connectivity index (χ2n) is 11.8. The molecule has 6 atom stereocenters. The number of nitro benzene ring substituents is 1. The van der Waals surface area contributed by atoms with Crippen LogP contribution in [0.15, 0.2) is 78.4 Å². The van der Waals surface area contributed by atoms with Crippen LogP contribution in [-0.4, -0.2) is 43.4 Å². The number of nitro groups is 1. The predicted octanol–water partition coefficient (Wildman–Crippen LogP) is 5.35. The minimum Gasteiger partial charge on any atom is -0.505 e. The van der Waals surface area contributed by atoms with Gasteiger partial charge in [0, 0.05) is 18.1 Å². The second-order valence-corrected chi connectivity index (χ2v) is 13.0. The molecule has 0 aromatic heterocycles. The van der Waals surface area contributed by atoms with Crippen LogP contribution in [0.1, 0.15) is 24.3 Å². The molecule has 0 spiro atoms. The zero-order chi connectivity index (χ0) is 32.9. The zero-order valence-corrected chi connectivity index (χ0v) is 24.9. The second kappa shape index (κ2) is 10.2. The van der Waals surface area contributed by atoms with Crippen molar-refractivity contribution in [1.29, 1.82) is 0 Å². The van der Waals surface area contributed by atoms with E-state index in [-0.39, 0.29) is 35.5 Å². The summed E-state index contributed by atoms with van der Waals surface area (Å²) in [5.74, 6) is -9.82. The molecule has 2 aliphatic heterocycles. The number of fused-ring (bicyclic) bond motifs is 4. The highest BCUT2D eigenvalue weighted by molar-refractivity contribution is 6.58. The Morgan fingerprint density at radius 3 is 2.26 bits per heavy atom. The van der Waals surface area contributed by atoms with E-state index in [1.807, 2.05) is 0 Å². The van der Waals surface area contributed by atoms with Crippen molar-refractivity contribution < 1.29 is 38.0 Å². The first-order chi connectivity index (χ1) is 21.8. The summed E-state index contributed by atoms with van der Waals surface area (Å²) >= 11 is 14.4. The molecular weight excluding hydrogens is 647 g/mol. The number of hydrogen-bond donors (Lipinski definition) is 1. The van der Waals surface area contributed by atoms with Gasteiger partial charge in [-0.25, -0.2) is 18.6 Å². The predicted molar refractivity (Wildman–Crippen MR) is 160 cm³/mol. The largest absolute Gasteiger partial charge is 0.505 e. The molecule has 0 radical (unpaired) electrons. The SMILES string of the molecule is O=C1C2CC=C3C(CC4(Cl)C(=O)N(c5ccc(F)cc5)C(=O)C4(Cl)C3c3ccc(O)c(F)c3)C2C(=O)N1c1cccc([N+](=O)[O-])c1. The highest BCUT2D eigenvalue weighted by Crippen LogP contribution is 2.66. The number of aromatic hydroxyl groups is 1. The molecule has 3 aromatic carbocycles. The van der Waals surface area contributed by atoms with Gasteiger partial charge in [0.2, 0.25) is 11.8 Å². The number of carbonyl (C=O) groups is 4. The number of rotatable bonds is 4. The van der Waals surface area contributed by atoms with Crippen LogP contribution in [0.2, 0.25) is 0 Å².